The number of esters is 1. The molecule has 1 saturated heterocycles. The highest BCUT2D eigenvalue weighted by molar-refractivity contribution is 6.40. The molecule has 1 aliphatic heterocycles. The molecule has 1 heterocycles. The van der Waals surface area contributed by atoms with E-state index in [1.807, 2.05) is 20.8 Å². The Balaban J connectivity index is 2.09. The first-order valence-corrected chi connectivity index (χ1v) is 10.0. The monoisotopic (exact) mass is 448 g/mol. The summed E-state index contributed by atoms with van der Waals surface area (Å²) in [5, 5.41) is 17.7. The van der Waals surface area contributed by atoms with E-state index in [4.69, 9.17) is 4.74 Å². The van der Waals surface area contributed by atoms with Crippen molar-refractivity contribution in [2.24, 2.45) is 0 Å². The van der Waals surface area contributed by atoms with Gasteiger partial charge in [-0.05, 0) is 30.0 Å². The number of hydrogen-bond donors (Lipinski definition) is 4. The Morgan fingerprint density at radius 2 is 1.81 bits per heavy atom. The van der Waals surface area contributed by atoms with Gasteiger partial charge in [0.05, 0.1) is 6.42 Å². The van der Waals surface area contributed by atoms with Crippen molar-refractivity contribution in [3.63, 3.8) is 0 Å². The van der Waals surface area contributed by atoms with Crippen LogP contribution in [0.2, 0.25) is 0 Å². The fraction of sp³-hybridized carbons (Fsp3) is 0.476. The number of nitrogens with zero attached hydrogens (tertiary/aromatic N) is 1. The lowest BCUT2D eigenvalue weighted by molar-refractivity contribution is -0.178. The van der Waals surface area contributed by atoms with E-state index in [1.165, 1.54) is 19.9 Å². The molecule has 4 amide bonds. The highest BCUT2D eigenvalue weighted by Gasteiger charge is 2.34. The molecule has 0 spiro atoms. The molecular weight excluding hydrogens is 420 g/mol. The van der Waals surface area contributed by atoms with Crippen LogP contribution in [0.4, 0.5) is 11.4 Å². The van der Waals surface area contributed by atoms with Crippen molar-refractivity contribution in [2.75, 3.05) is 17.2 Å². The van der Waals surface area contributed by atoms with Crippen molar-refractivity contribution in [3.05, 3.63) is 23.8 Å². The van der Waals surface area contributed by atoms with Gasteiger partial charge >= 0.3 is 17.8 Å². The molecule has 0 saturated carbocycles. The second-order valence-electron chi connectivity index (χ2n) is 8.56. The number of anilines is 2. The van der Waals surface area contributed by atoms with E-state index >= 15 is 0 Å². The average Bonchev–Trinajstić information content (AvgIpc) is 3.11. The van der Waals surface area contributed by atoms with Crippen LogP contribution in [0.25, 0.3) is 0 Å². The topological polar surface area (TPSA) is 154 Å². The summed E-state index contributed by atoms with van der Waals surface area (Å²) >= 11 is 0. The number of carbonyl (C=O) groups is 5. The van der Waals surface area contributed by atoms with Crippen LogP contribution in [0.1, 0.15) is 46.6 Å². The number of benzene rings is 1. The van der Waals surface area contributed by atoms with Crippen molar-refractivity contribution in [1.29, 1.82) is 0 Å². The first-order valence-electron chi connectivity index (χ1n) is 10.0. The Hall–Kier alpha value is -3.47. The van der Waals surface area contributed by atoms with E-state index in [-0.39, 0.29) is 24.3 Å². The fourth-order valence-corrected chi connectivity index (χ4v) is 3.12. The van der Waals surface area contributed by atoms with Crippen molar-refractivity contribution < 1.29 is 33.9 Å². The van der Waals surface area contributed by atoms with Crippen molar-refractivity contribution >= 4 is 41.0 Å². The number of cyclic esters (lactones) is 1. The first-order chi connectivity index (χ1) is 14.8. The summed E-state index contributed by atoms with van der Waals surface area (Å²) in [6.07, 6.45) is -0.163. The zero-order chi connectivity index (χ0) is 24.2. The van der Waals surface area contributed by atoms with Crippen LogP contribution in [0.5, 0.6) is 0 Å². The second-order valence-corrected chi connectivity index (χ2v) is 8.56. The molecule has 0 radical (unpaired) electrons. The fourth-order valence-electron chi connectivity index (χ4n) is 3.12. The van der Waals surface area contributed by atoms with Crippen molar-refractivity contribution in [1.82, 2.24) is 10.4 Å². The van der Waals surface area contributed by atoms with Gasteiger partial charge < -0.3 is 20.7 Å². The molecule has 2 atom stereocenters. The predicted octanol–water partition coefficient (Wildman–Crippen LogP) is 0.919. The average molecular weight is 448 g/mol. The quantitative estimate of drug-likeness (QED) is 0.226. The van der Waals surface area contributed by atoms with Gasteiger partial charge in [-0.25, -0.2) is 5.06 Å². The number of ether oxygens (including phenoxy) is 1. The Morgan fingerprint density at radius 3 is 2.34 bits per heavy atom. The molecule has 1 aromatic rings. The summed E-state index contributed by atoms with van der Waals surface area (Å²) in [6.45, 7) is 8.26. The third kappa shape index (κ3) is 6.27. The maximum absolute atomic E-state index is 12.5. The van der Waals surface area contributed by atoms with Crippen LogP contribution < -0.4 is 16.0 Å². The van der Waals surface area contributed by atoms with Crippen molar-refractivity contribution in [2.45, 2.75) is 58.5 Å². The molecule has 32 heavy (non-hydrogen) atoms. The molecule has 0 aliphatic carbocycles. The minimum absolute atomic E-state index is 0.150. The number of hydroxylamine groups is 2. The van der Waals surface area contributed by atoms with Crippen LogP contribution in [0.15, 0.2) is 18.2 Å². The number of nitrogens with one attached hydrogen (secondary N) is 3. The van der Waals surface area contributed by atoms with Gasteiger partial charge in [0, 0.05) is 18.3 Å². The summed E-state index contributed by atoms with van der Waals surface area (Å²) in [6, 6.07) is 2.87. The van der Waals surface area contributed by atoms with Gasteiger partial charge in [-0.2, -0.15) is 0 Å². The molecule has 2 rings (SSSR count). The van der Waals surface area contributed by atoms with Crippen molar-refractivity contribution in [3.8, 4) is 0 Å². The molecule has 11 heteroatoms. The van der Waals surface area contributed by atoms with Gasteiger partial charge in [-0.3, -0.25) is 29.2 Å². The molecular formula is C21H28N4O7. The zero-order valence-corrected chi connectivity index (χ0v) is 18.6. The smallest absolute Gasteiger partial charge is 0.313 e. The molecule has 0 aromatic heterocycles. The Labute approximate surface area is 185 Å². The van der Waals surface area contributed by atoms with Gasteiger partial charge in [0.15, 0.2) is 0 Å². The van der Waals surface area contributed by atoms with Crippen LogP contribution in [0, 0.1) is 0 Å². The molecule has 1 fully saturated rings. The molecule has 0 bridgehead atoms. The van der Waals surface area contributed by atoms with E-state index < -0.39 is 35.8 Å². The maximum Gasteiger partial charge on any atom is 0.313 e. The Bertz CT molecular complexity index is 939. The van der Waals surface area contributed by atoms with Gasteiger partial charge in [0.2, 0.25) is 5.91 Å². The highest BCUT2D eigenvalue weighted by Crippen LogP contribution is 2.32. The molecule has 11 nitrogen and oxygen atoms in total. The van der Waals surface area contributed by atoms with Crippen LogP contribution in [-0.2, 0) is 34.1 Å². The Morgan fingerprint density at radius 1 is 1.16 bits per heavy atom. The minimum Gasteiger partial charge on any atom is -0.463 e. The number of amides is 4. The number of carbonyl (C=O) groups excluding carboxylic acids is 5. The van der Waals surface area contributed by atoms with Crippen LogP contribution in [0.3, 0.4) is 0 Å². The number of rotatable bonds is 5. The van der Waals surface area contributed by atoms with Gasteiger partial charge in [-0.15, -0.1) is 0 Å². The summed E-state index contributed by atoms with van der Waals surface area (Å²) in [4.78, 5) is 59.7. The second kappa shape index (κ2) is 9.77. The zero-order valence-electron chi connectivity index (χ0n) is 18.6. The molecule has 4 N–H and O–H groups in total. The standard InChI is InChI=1S/C21H28N4O7/c1-11(20(30)25(31)14-9-17(27)32-10-14)22-18(28)19(29)24-16-8-13(23-12(2)26)6-7-15(16)21(3,4)5/h6-8,11,14,31H,9-10H2,1-5H3,(H,22,28)(H,23,26)(H,24,29). The lowest BCUT2D eigenvalue weighted by Crippen LogP contribution is -2.51. The molecule has 2 unspecified atom stereocenters. The predicted molar refractivity (Wildman–Crippen MR) is 114 cm³/mol. The first kappa shape index (κ1) is 24.8. The third-order valence-corrected chi connectivity index (χ3v) is 4.73. The van der Waals surface area contributed by atoms with E-state index in [9.17, 15) is 29.2 Å². The largest absolute Gasteiger partial charge is 0.463 e. The van der Waals surface area contributed by atoms with Gasteiger partial charge in [0.25, 0.3) is 5.91 Å². The molecule has 1 aliphatic rings. The van der Waals surface area contributed by atoms with Crippen LogP contribution >= 0.6 is 0 Å². The van der Waals surface area contributed by atoms with Gasteiger partial charge in [-0.1, -0.05) is 26.8 Å². The van der Waals surface area contributed by atoms with Gasteiger partial charge in [0.1, 0.15) is 18.7 Å². The minimum atomic E-state index is -1.23. The Kier molecular flexibility index (Phi) is 7.57. The third-order valence-electron chi connectivity index (χ3n) is 4.73. The van der Waals surface area contributed by atoms with E-state index in [0.29, 0.717) is 16.4 Å². The summed E-state index contributed by atoms with van der Waals surface area (Å²) in [5.74, 6) is -3.85. The number of hydrogen-bond acceptors (Lipinski definition) is 7. The normalized spacial score (nSPS) is 16.6. The summed E-state index contributed by atoms with van der Waals surface area (Å²) in [5.41, 5.74) is 1.11. The maximum atomic E-state index is 12.5. The summed E-state index contributed by atoms with van der Waals surface area (Å²) < 4.78 is 4.70. The van der Waals surface area contributed by atoms with Crippen LogP contribution in [-0.4, -0.2) is 58.6 Å². The highest BCUT2D eigenvalue weighted by atomic mass is 16.6. The lowest BCUT2D eigenvalue weighted by Gasteiger charge is -2.25. The molecule has 1 aromatic carbocycles. The summed E-state index contributed by atoms with van der Waals surface area (Å²) in [7, 11) is 0. The van der Waals surface area contributed by atoms with E-state index in [2.05, 4.69) is 16.0 Å². The van der Waals surface area contributed by atoms with E-state index in [1.54, 1.807) is 12.1 Å². The molecule has 174 valence electrons. The SMILES string of the molecule is CC(=O)Nc1ccc(C(C)(C)C)c(NC(=O)C(=O)NC(C)C(=O)N(O)C2COC(=O)C2)c1. The van der Waals surface area contributed by atoms with E-state index in [0.717, 1.165) is 5.56 Å². The lowest BCUT2D eigenvalue weighted by atomic mass is 9.85.